The first-order valence-corrected chi connectivity index (χ1v) is 9.07. The van der Waals surface area contributed by atoms with Crippen LogP contribution in [0.3, 0.4) is 0 Å². The third-order valence-electron chi connectivity index (χ3n) is 7.59. The smallest absolute Gasteiger partial charge is 0.0558 e. The van der Waals surface area contributed by atoms with Crippen LogP contribution in [-0.2, 0) is 0 Å². The van der Waals surface area contributed by atoms with Crippen LogP contribution in [0.4, 0.5) is 0 Å². The number of nitrogens with zero attached hydrogens (tertiary/aromatic N) is 1. The molecule has 4 aliphatic rings. The van der Waals surface area contributed by atoms with Gasteiger partial charge in [0.25, 0.3) is 0 Å². The highest BCUT2D eigenvalue weighted by molar-refractivity contribution is 5.29. The van der Waals surface area contributed by atoms with E-state index >= 15 is 0 Å². The molecule has 0 heterocycles. The van der Waals surface area contributed by atoms with Crippen molar-refractivity contribution in [1.29, 1.82) is 0 Å². The van der Waals surface area contributed by atoms with Crippen molar-refractivity contribution in [1.82, 2.24) is 4.90 Å². The van der Waals surface area contributed by atoms with Gasteiger partial charge in [0, 0.05) is 19.6 Å². The summed E-state index contributed by atoms with van der Waals surface area (Å²) in [5, 5.41) is 18.2. The number of aliphatic hydroxyl groups excluding tert-OH is 2. The minimum Gasteiger partial charge on any atom is -0.395 e. The first kappa shape index (κ1) is 16.5. The Morgan fingerprint density at radius 2 is 1.73 bits per heavy atom. The molecule has 22 heavy (non-hydrogen) atoms. The average molecular weight is 307 g/mol. The molecule has 0 saturated heterocycles. The molecule has 0 spiro atoms. The van der Waals surface area contributed by atoms with Gasteiger partial charge in [-0.1, -0.05) is 25.5 Å². The van der Waals surface area contributed by atoms with Crippen molar-refractivity contribution in [3.63, 3.8) is 0 Å². The quantitative estimate of drug-likeness (QED) is 0.644. The van der Waals surface area contributed by atoms with Crippen LogP contribution in [0.25, 0.3) is 0 Å². The van der Waals surface area contributed by atoms with Crippen molar-refractivity contribution in [3.05, 3.63) is 11.6 Å². The Morgan fingerprint density at radius 1 is 1.14 bits per heavy atom. The predicted molar refractivity (Wildman–Crippen MR) is 89.5 cm³/mol. The SMILES string of the molecule is C/C(=C/CC[C@]1(C)C2C[C@@H]3[C@H](C2)C31C)CN(CCO)CCO. The largest absolute Gasteiger partial charge is 0.395 e. The van der Waals surface area contributed by atoms with Crippen LogP contribution in [0.15, 0.2) is 11.6 Å². The summed E-state index contributed by atoms with van der Waals surface area (Å²) in [5.74, 6) is 3.09. The third kappa shape index (κ3) is 2.37. The van der Waals surface area contributed by atoms with E-state index in [2.05, 4.69) is 31.7 Å². The number of rotatable bonds is 9. The van der Waals surface area contributed by atoms with E-state index in [-0.39, 0.29) is 13.2 Å². The zero-order valence-electron chi connectivity index (χ0n) is 14.5. The standard InChI is InChI=1S/C19H33NO2/c1-14(13-20(7-9-21)8-10-22)5-4-6-18(2)15-11-16-17(12-15)19(16,18)3/h5,15-17,21-22H,4,6-13H2,1-3H3/b14-5-/t15?,16-,17+,18-,19?/m1/s1. The van der Waals surface area contributed by atoms with Gasteiger partial charge in [-0.3, -0.25) is 4.90 Å². The van der Waals surface area contributed by atoms with Gasteiger partial charge in [-0.2, -0.15) is 0 Å². The Morgan fingerprint density at radius 3 is 2.18 bits per heavy atom. The second-order valence-corrected chi connectivity index (χ2v) is 8.39. The maximum absolute atomic E-state index is 9.08. The lowest BCUT2D eigenvalue weighted by Gasteiger charge is -2.34. The second kappa shape index (κ2) is 5.92. The van der Waals surface area contributed by atoms with Gasteiger partial charge in [0.05, 0.1) is 13.2 Å². The van der Waals surface area contributed by atoms with Crippen molar-refractivity contribution in [3.8, 4) is 0 Å². The normalized spacial score (nSPS) is 42.5. The molecule has 0 radical (unpaired) electrons. The van der Waals surface area contributed by atoms with E-state index in [1.165, 1.54) is 31.3 Å². The summed E-state index contributed by atoms with van der Waals surface area (Å²) < 4.78 is 0. The van der Waals surface area contributed by atoms with Crippen molar-refractivity contribution >= 4 is 0 Å². The molecule has 126 valence electrons. The summed E-state index contributed by atoms with van der Waals surface area (Å²) in [6, 6.07) is 0. The predicted octanol–water partition coefficient (Wildman–Crippen LogP) is 2.68. The van der Waals surface area contributed by atoms with Crippen LogP contribution >= 0.6 is 0 Å². The van der Waals surface area contributed by atoms with Crippen LogP contribution < -0.4 is 0 Å². The van der Waals surface area contributed by atoms with Gasteiger partial charge in [-0.25, -0.2) is 0 Å². The Kier molecular flexibility index (Phi) is 4.43. The Balaban J connectivity index is 1.50. The average Bonchev–Trinajstić information content (AvgIpc) is 2.80. The molecule has 4 rings (SSSR count). The minimum absolute atomic E-state index is 0.161. The third-order valence-corrected chi connectivity index (χ3v) is 7.59. The molecule has 5 atom stereocenters. The molecular weight excluding hydrogens is 274 g/mol. The lowest BCUT2D eigenvalue weighted by atomic mass is 9.71. The molecule has 0 aliphatic heterocycles. The van der Waals surface area contributed by atoms with E-state index in [4.69, 9.17) is 10.2 Å². The molecular formula is C19H33NO2. The summed E-state index contributed by atoms with van der Waals surface area (Å²) in [6.45, 7) is 9.76. The lowest BCUT2D eigenvalue weighted by molar-refractivity contribution is 0.154. The zero-order chi connectivity index (χ0) is 16.0. The fourth-order valence-electron chi connectivity index (χ4n) is 6.09. The second-order valence-electron chi connectivity index (χ2n) is 8.39. The monoisotopic (exact) mass is 307 g/mol. The summed E-state index contributed by atoms with van der Waals surface area (Å²) in [7, 11) is 0. The molecule has 0 aromatic heterocycles. The van der Waals surface area contributed by atoms with Gasteiger partial charge in [0.2, 0.25) is 0 Å². The number of hydrogen-bond donors (Lipinski definition) is 2. The van der Waals surface area contributed by atoms with Gasteiger partial charge < -0.3 is 10.2 Å². The molecule has 4 fully saturated rings. The van der Waals surface area contributed by atoms with E-state index in [1.54, 1.807) is 0 Å². The fraction of sp³-hybridized carbons (Fsp3) is 0.895. The number of allylic oxidation sites excluding steroid dienone is 1. The highest BCUT2D eigenvalue weighted by atomic mass is 16.3. The molecule has 2 N–H and O–H groups in total. The maximum Gasteiger partial charge on any atom is 0.0558 e. The number of hydrogen-bond acceptors (Lipinski definition) is 3. The van der Waals surface area contributed by atoms with Gasteiger partial charge >= 0.3 is 0 Å². The molecule has 0 amide bonds. The zero-order valence-corrected chi connectivity index (χ0v) is 14.5. The van der Waals surface area contributed by atoms with E-state index in [0.29, 0.717) is 23.9 Å². The van der Waals surface area contributed by atoms with Gasteiger partial charge in [-0.05, 0) is 61.2 Å². The van der Waals surface area contributed by atoms with Crippen molar-refractivity contribution in [2.75, 3.05) is 32.8 Å². The number of aliphatic hydroxyl groups is 2. The van der Waals surface area contributed by atoms with Gasteiger partial charge in [0.1, 0.15) is 0 Å². The summed E-state index contributed by atoms with van der Waals surface area (Å²) in [4.78, 5) is 2.12. The molecule has 0 aromatic rings. The van der Waals surface area contributed by atoms with Crippen LogP contribution in [0.2, 0.25) is 0 Å². The van der Waals surface area contributed by atoms with E-state index in [1.807, 2.05) is 0 Å². The van der Waals surface area contributed by atoms with Crippen molar-refractivity contribution < 1.29 is 10.2 Å². The molecule has 4 aliphatic carbocycles. The Labute approximate surface area is 135 Å². The van der Waals surface area contributed by atoms with Crippen LogP contribution in [0, 0.1) is 28.6 Å². The molecule has 4 saturated carbocycles. The van der Waals surface area contributed by atoms with Crippen LogP contribution in [0.5, 0.6) is 0 Å². The topological polar surface area (TPSA) is 43.7 Å². The first-order valence-electron chi connectivity index (χ1n) is 9.07. The molecule has 4 bridgehead atoms. The Hall–Kier alpha value is -0.380. The Bertz CT molecular complexity index is 429. The summed E-state index contributed by atoms with van der Waals surface area (Å²) >= 11 is 0. The molecule has 0 aromatic carbocycles. The van der Waals surface area contributed by atoms with Crippen LogP contribution in [-0.4, -0.2) is 48.0 Å². The van der Waals surface area contributed by atoms with Gasteiger partial charge in [0.15, 0.2) is 0 Å². The van der Waals surface area contributed by atoms with Crippen molar-refractivity contribution in [2.45, 2.75) is 46.5 Å². The molecule has 2 unspecified atom stereocenters. The van der Waals surface area contributed by atoms with Crippen LogP contribution in [0.1, 0.15) is 46.5 Å². The van der Waals surface area contributed by atoms with Crippen molar-refractivity contribution in [2.24, 2.45) is 28.6 Å². The maximum atomic E-state index is 9.08. The summed E-state index contributed by atoms with van der Waals surface area (Å²) in [6.07, 6.45) is 7.91. The van der Waals surface area contributed by atoms with E-state index in [0.717, 1.165) is 24.3 Å². The molecule has 3 nitrogen and oxygen atoms in total. The van der Waals surface area contributed by atoms with E-state index in [9.17, 15) is 0 Å². The first-order chi connectivity index (χ1) is 10.5. The highest BCUT2D eigenvalue weighted by Gasteiger charge is 2.80. The van der Waals surface area contributed by atoms with E-state index < -0.39 is 0 Å². The lowest BCUT2D eigenvalue weighted by Crippen LogP contribution is -2.31. The van der Waals surface area contributed by atoms with Gasteiger partial charge in [-0.15, -0.1) is 0 Å². The summed E-state index contributed by atoms with van der Waals surface area (Å²) in [5.41, 5.74) is 2.61. The minimum atomic E-state index is 0.161. The highest BCUT2D eigenvalue weighted by Crippen LogP contribution is 2.87. The molecule has 3 heteroatoms. The fourth-order valence-corrected chi connectivity index (χ4v) is 6.09.